The van der Waals surface area contributed by atoms with Gasteiger partial charge in [0.15, 0.2) is 5.79 Å². The van der Waals surface area contributed by atoms with E-state index in [4.69, 9.17) is 23.7 Å². The minimum Gasteiger partial charge on any atom is -0.379 e. The first-order valence-electron chi connectivity index (χ1n) is 8.53. The van der Waals surface area contributed by atoms with E-state index < -0.39 is 0 Å². The number of fused-ring (bicyclic) bond motifs is 1. The largest absolute Gasteiger partial charge is 0.379 e. The normalized spacial score (nSPS) is 40.6. The second-order valence-corrected chi connectivity index (χ2v) is 6.64. The molecular weight excluding hydrogens is 284 g/mol. The summed E-state index contributed by atoms with van der Waals surface area (Å²) < 4.78 is 27.4. The van der Waals surface area contributed by atoms with Crippen LogP contribution in [0.25, 0.3) is 0 Å². The summed E-state index contributed by atoms with van der Waals surface area (Å²) in [6, 6.07) is 0. The molecule has 5 atom stereocenters. The lowest BCUT2D eigenvalue weighted by molar-refractivity contribution is -0.197. The summed E-state index contributed by atoms with van der Waals surface area (Å²) in [7, 11) is 3.51. The minimum absolute atomic E-state index is 0. The van der Waals surface area contributed by atoms with Crippen LogP contribution in [0.2, 0.25) is 0 Å². The van der Waals surface area contributed by atoms with Crippen molar-refractivity contribution in [2.45, 2.75) is 64.1 Å². The van der Waals surface area contributed by atoms with Crippen molar-refractivity contribution < 1.29 is 25.1 Å². The number of hydrogen-bond acceptors (Lipinski definition) is 5. The van der Waals surface area contributed by atoms with Gasteiger partial charge >= 0.3 is 0 Å². The van der Waals surface area contributed by atoms with Gasteiger partial charge in [-0.2, -0.15) is 0 Å². The van der Waals surface area contributed by atoms with Crippen LogP contribution in [0, 0.1) is 11.8 Å². The smallest absolute Gasteiger partial charge is 0.173 e. The van der Waals surface area contributed by atoms with Crippen LogP contribution in [0.4, 0.5) is 0 Å². The van der Waals surface area contributed by atoms with Crippen molar-refractivity contribution in [1.82, 2.24) is 0 Å². The maximum atomic E-state index is 5.67. The highest BCUT2D eigenvalue weighted by Gasteiger charge is 2.53. The van der Waals surface area contributed by atoms with Crippen LogP contribution in [0.3, 0.4) is 0 Å². The molecular formula is C17H34O5. The fourth-order valence-corrected chi connectivity index (χ4v) is 3.81. The number of methoxy groups -OCH3 is 2. The van der Waals surface area contributed by atoms with Gasteiger partial charge in [-0.25, -0.2) is 0 Å². The second-order valence-electron chi connectivity index (χ2n) is 6.64. The lowest BCUT2D eigenvalue weighted by Gasteiger charge is -2.26. The van der Waals surface area contributed by atoms with E-state index >= 15 is 0 Å². The molecule has 0 aromatic rings. The van der Waals surface area contributed by atoms with Crippen LogP contribution in [0.1, 0.15) is 41.5 Å². The average Bonchev–Trinajstić information content (AvgIpc) is 3.21. The molecule has 0 saturated carbocycles. The van der Waals surface area contributed by atoms with Crippen LogP contribution < -0.4 is 0 Å². The lowest BCUT2D eigenvalue weighted by atomic mass is 9.93. The highest BCUT2D eigenvalue weighted by atomic mass is 16.7. The Balaban J connectivity index is 0.000000224. The van der Waals surface area contributed by atoms with Crippen LogP contribution in [0.15, 0.2) is 0 Å². The van der Waals surface area contributed by atoms with E-state index in [0.29, 0.717) is 30.7 Å². The molecule has 3 heterocycles. The quantitative estimate of drug-likeness (QED) is 0.797. The van der Waals surface area contributed by atoms with Crippen LogP contribution in [-0.2, 0) is 23.7 Å². The fraction of sp³-hybridized carbons (Fsp3) is 1.00. The molecule has 0 aromatic heterocycles. The summed E-state index contributed by atoms with van der Waals surface area (Å²) >= 11 is 0. The fourth-order valence-electron chi connectivity index (χ4n) is 3.81. The number of ether oxygens (including phenoxy) is 5. The standard InChI is InChI=1S/C9H16O3.C8H16O2.H2/c1-3-9-7(4-5-11-9)8(10-2)6-12-9;1-6(2)8-7(9-3)4-5-10-8;/h7-8H,3-6H2,1-2H3;6-8H,4-5H2,1-3H3;1H/t7-,8-,9+;7-,8-;/m00./s1. The first kappa shape index (κ1) is 18.1. The monoisotopic (exact) mass is 318 g/mol. The Morgan fingerprint density at radius 3 is 2.36 bits per heavy atom. The summed E-state index contributed by atoms with van der Waals surface area (Å²) in [5.74, 6) is 0.723. The maximum absolute atomic E-state index is 5.67. The summed E-state index contributed by atoms with van der Waals surface area (Å²) in [5.41, 5.74) is 0. The van der Waals surface area contributed by atoms with Crippen molar-refractivity contribution in [1.29, 1.82) is 0 Å². The molecule has 3 saturated heterocycles. The van der Waals surface area contributed by atoms with Gasteiger partial charge in [0.2, 0.25) is 0 Å². The average molecular weight is 318 g/mol. The molecule has 0 aliphatic carbocycles. The summed E-state index contributed by atoms with van der Waals surface area (Å²) in [4.78, 5) is 0. The van der Waals surface area contributed by atoms with Crippen molar-refractivity contribution in [3.05, 3.63) is 0 Å². The van der Waals surface area contributed by atoms with E-state index in [0.717, 1.165) is 32.5 Å². The molecule has 0 radical (unpaired) electrons. The van der Waals surface area contributed by atoms with Crippen molar-refractivity contribution >= 4 is 0 Å². The molecule has 3 aliphatic rings. The highest BCUT2D eigenvalue weighted by molar-refractivity contribution is 4.94. The summed E-state index contributed by atoms with van der Waals surface area (Å²) in [6.07, 6.45) is 3.96. The van der Waals surface area contributed by atoms with Gasteiger partial charge in [-0.3, -0.25) is 0 Å². The molecule has 3 rings (SSSR count). The molecule has 0 spiro atoms. The van der Waals surface area contributed by atoms with E-state index in [2.05, 4.69) is 20.8 Å². The van der Waals surface area contributed by atoms with Crippen LogP contribution in [-0.4, -0.2) is 58.1 Å². The molecule has 5 heteroatoms. The van der Waals surface area contributed by atoms with Crippen LogP contribution in [0.5, 0.6) is 0 Å². The number of rotatable bonds is 4. The zero-order valence-electron chi connectivity index (χ0n) is 14.7. The molecule has 5 nitrogen and oxygen atoms in total. The van der Waals surface area contributed by atoms with Crippen molar-refractivity contribution in [2.24, 2.45) is 11.8 Å². The van der Waals surface area contributed by atoms with Gasteiger partial charge in [0, 0.05) is 28.2 Å². The van der Waals surface area contributed by atoms with Crippen LogP contribution >= 0.6 is 0 Å². The first-order valence-corrected chi connectivity index (χ1v) is 8.53. The van der Waals surface area contributed by atoms with Crippen molar-refractivity contribution in [2.75, 3.05) is 34.0 Å². The molecule has 0 unspecified atom stereocenters. The van der Waals surface area contributed by atoms with E-state index in [1.54, 1.807) is 14.2 Å². The third kappa shape index (κ3) is 3.65. The zero-order chi connectivity index (χ0) is 16.2. The third-order valence-corrected chi connectivity index (χ3v) is 5.12. The Bertz CT molecular complexity index is 341. The van der Waals surface area contributed by atoms with Gasteiger partial charge in [0.05, 0.1) is 31.5 Å². The SMILES string of the molecule is CC[C@]12OCC[C@H]1[C@@H](OC)CO2.CO[C@H]1CCO[C@H]1C(C)C.[HH]. The molecule has 132 valence electrons. The Kier molecular flexibility index (Phi) is 6.65. The molecule has 3 fully saturated rings. The predicted octanol–water partition coefficient (Wildman–Crippen LogP) is 2.87. The predicted molar refractivity (Wildman–Crippen MR) is 85.9 cm³/mol. The Morgan fingerprint density at radius 2 is 1.82 bits per heavy atom. The summed E-state index contributed by atoms with van der Waals surface area (Å²) in [5, 5.41) is 0. The van der Waals surface area contributed by atoms with Crippen molar-refractivity contribution in [3.63, 3.8) is 0 Å². The van der Waals surface area contributed by atoms with Gasteiger partial charge in [0.25, 0.3) is 0 Å². The maximum Gasteiger partial charge on any atom is 0.173 e. The van der Waals surface area contributed by atoms with Gasteiger partial charge in [-0.1, -0.05) is 20.8 Å². The van der Waals surface area contributed by atoms with E-state index in [-0.39, 0.29) is 13.3 Å². The van der Waals surface area contributed by atoms with E-state index in [1.807, 2.05) is 0 Å². The topological polar surface area (TPSA) is 46.2 Å². The lowest BCUT2D eigenvalue weighted by Crippen LogP contribution is -2.34. The molecule has 0 bridgehead atoms. The Labute approximate surface area is 136 Å². The van der Waals surface area contributed by atoms with E-state index in [9.17, 15) is 0 Å². The minimum atomic E-state index is -0.305. The Hall–Kier alpha value is -0.200. The molecule has 0 amide bonds. The van der Waals surface area contributed by atoms with Gasteiger partial charge in [0.1, 0.15) is 0 Å². The first-order chi connectivity index (χ1) is 10.6. The molecule has 3 aliphatic heterocycles. The highest BCUT2D eigenvalue weighted by Crippen LogP contribution is 2.44. The van der Waals surface area contributed by atoms with Crippen molar-refractivity contribution in [3.8, 4) is 0 Å². The van der Waals surface area contributed by atoms with Gasteiger partial charge in [-0.15, -0.1) is 0 Å². The van der Waals surface area contributed by atoms with Gasteiger partial charge in [-0.05, 0) is 25.2 Å². The zero-order valence-corrected chi connectivity index (χ0v) is 14.7. The molecule has 0 N–H and O–H groups in total. The summed E-state index contributed by atoms with van der Waals surface area (Å²) in [6.45, 7) is 8.81. The van der Waals surface area contributed by atoms with Gasteiger partial charge < -0.3 is 23.7 Å². The second kappa shape index (κ2) is 8.06. The molecule has 0 aromatic carbocycles. The van der Waals surface area contributed by atoms with E-state index in [1.165, 1.54) is 0 Å². The third-order valence-electron chi connectivity index (χ3n) is 5.12. The molecule has 22 heavy (non-hydrogen) atoms. The number of hydrogen-bond donors (Lipinski definition) is 0. The Morgan fingerprint density at radius 1 is 1.09 bits per heavy atom.